The number of unbranched alkanes of at least 4 members (excludes halogenated alkanes) is 5. The average Bonchev–Trinajstić information content (AvgIpc) is 3.63. The van der Waals surface area contributed by atoms with Crippen LogP contribution in [-0.4, -0.2) is 94.8 Å². The summed E-state index contributed by atoms with van der Waals surface area (Å²) in [5.74, 6) is 0.751. The van der Waals surface area contributed by atoms with Gasteiger partial charge in [-0.3, -0.25) is 14.1 Å². The van der Waals surface area contributed by atoms with E-state index in [1.54, 1.807) is 12.2 Å². The molecular weight excluding hydrogens is 953 g/mol. The third-order valence-electron chi connectivity index (χ3n) is 15.7. The van der Waals surface area contributed by atoms with Crippen molar-refractivity contribution in [2.75, 3.05) is 44.2 Å². The summed E-state index contributed by atoms with van der Waals surface area (Å²) in [5.41, 5.74) is 7.49. The number of benzene rings is 3. The van der Waals surface area contributed by atoms with Gasteiger partial charge >= 0.3 is 0 Å². The first-order valence-corrected chi connectivity index (χ1v) is 29.7. The molecule has 0 aromatic heterocycles. The van der Waals surface area contributed by atoms with Crippen molar-refractivity contribution in [1.82, 2.24) is 14.6 Å². The van der Waals surface area contributed by atoms with Gasteiger partial charge < -0.3 is 25.2 Å². The number of aryl methyl sites for hydroxylation is 2. The number of nitrogens with one attached hydrogen (secondary N) is 2. The molecule has 0 saturated heterocycles. The summed E-state index contributed by atoms with van der Waals surface area (Å²) in [7, 11) is -9.12. The van der Waals surface area contributed by atoms with Gasteiger partial charge in [0.1, 0.15) is 35.3 Å². The van der Waals surface area contributed by atoms with Crippen LogP contribution in [0.2, 0.25) is 0 Å². The molecule has 6 aliphatic rings. The lowest BCUT2D eigenvalue weighted by Gasteiger charge is -2.39. The molecule has 1 amide bonds. The number of carbonyl (C=O) groups is 2. The molecule has 3 unspecified atom stereocenters. The molecule has 5 N–H and O–H groups in total. The van der Waals surface area contributed by atoms with Crippen molar-refractivity contribution in [3.63, 3.8) is 0 Å². The van der Waals surface area contributed by atoms with E-state index in [2.05, 4.69) is 38.6 Å². The number of nitrogens with zero attached hydrogens (tertiary/aromatic N) is 2. The maximum Gasteiger partial charge on any atom is 0.295 e. The molecule has 5 aliphatic heterocycles. The fourth-order valence-electron chi connectivity index (χ4n) is 12.2. The lowest BCUT2D eigenvalue weighted by atomic mass is 9.82. The van der Waals surface area contributed by atoms with E-state index in [9.17, 15) is 41.2 Å². The molecule has 3 aromatic rings. The zero-order valence-corrected chi connectivity index (χ0v) is 43.4. The Kier molecular flexibility index (Phi) is 16.5. The summed E-state index contributed by atoms with van der Waals surface area (Å²) in [4.78, 5) is 26.8. The third-order valence-corrected chi connectivity index (χ3v) is 18.0. The molecule has 16 heteroatoms. The summed E-state index contributed by atoms with van der Waals surface area (Å²) < 4.78 is 77.6. The second-order valence-corrected chi connectivity index (χ2v) is 23.9. The minimum absolute atomic E-state index is 0.0258. The summed E-state index contributed by atoms with van der Waals surface area (Å²) in [6.45, 7) is 6.55. The number of anilines is 1. The van der Waals surface area contributed by atoms with E-state index >= 15 is 0 Å². The van der Waals surface area contributed by atoms with E-state index in [1.807, 2.05) is 12.2 Å². The molecule has 1 fully saturated rings. The fourth-order valence-corrected chi connectivity index (χ4v) is 14.0. The van der Waals surface area contributed by atoms with Crippen LogP contribution in [0.5, 0.6) is 11.5 Å². The number of Topliss-reactive ketones (excluding diaryl/α,β-unsaturated/α-hetero) is 1. The van der Waals surface area contributed by atoms with E-state index in [0.29, 0.717) is 63.5 Å². The molecule has 3 aromatic carbocycles. The van der Waals surface area contributed by atoms with E-state index in [4.69, 9.17) is 4.74 Å². The number of ketones is 1. The van der Waals surface area contributed by atoms with Crippen molar-refractivity contribution in [1.29, 1.82) is 0 Å². The van der Waals surface area contributed by atoms with Crippen LogP contribution in [0.15, 0.2) is 64.4 Å². The first-order chi connectivity index (χ1) is 34.7. The van der Waals surface area contributed by atoms with Gasteiger partial charge in [-0.1, -0.05) is 63.0 Å². The predicted molar refractivity (Wildman–Crippen MR) is 278 cm³/mol. The second-order valence-electron chi connectivity index (χ2n) is 20.8. The van der Waals surface area contributed by atoms with Crippen molar-refractivity contribution in [3.05, 3.63) is 98.6 Å². The summed E-state index contributed by atoms with van der Waals surface area (Å²) >= 11 is 0. The molecule has 5 heterocycles. The molecule has 1 saturated carbocycles. The number of hydrogen-bond acceptors (Lipinski definition) is 10. The normalized spacial score (nSPS) is 20.9. The van der Waals surface area contributed by atoms with Crippen LogP contribution in [0.3, 0.4) is 0 Å². The largest absolute Gasteiger partial charge is 0.455 e. The summed E-state index contributed by atoms with van der Waals surface area (Å²) in [6, 6.07) is 8.31. The molecule has 4 atom stereocenters. The Balaban J connectivity index is 0.812. The molecular formula is C56H73N4O10S2+. The first-order valence-electron chi connectivity index (χ1n) is 26.8. The summed E-state index contributed by atoms with van der Waals surface area (Å²) in [6.07, 6.45) is 21.2. The molecule has 1 aliphatic carbocycles. The van der Waals surface area contributed by atoms with Gasteiger partial charge in [0.25, 0.3) is 10.1 Å². The maximum atomic E-state index is 13.8. The van der Waals surface area contributed by atoms with Gasteiger partial charge in [0.05, 0.1) is 22.7 Å². The van der Waals surface area contributed by atoms with E-state index in [1.165, 1.54) is 34.3 Å². The quantitative estimate of drug-likeness (QED) is 0.0263. The van der Waals surface area contributed by atoms with Crippen LogP contribution in [-0.2, 0) is 55.4 Å². The Morgan fingerprint density at radius 1 is 0.875 bits per heavy atom. The lowest BCUT2D eigenvalue weighted by molar-refractivity contribution is -0.121. The molecule has 72 heavy (non-hydrogen) atoms. The number of allylic oxidation sites excluding steroid dienone is 2. The standard InChI is InChI=1S/C56H72N4O10S2/c1-2-3-7-18-39(61)23-25-42-41(48(62)36-49(42)63)19-8-4-5-9-22-51(64)57-27-10-6-11-28-58-71(65,66)40-24-26-43(50(35-40)72(67,68)69)52-46-33-37-16-12-29-59-31-14-20-44(53(37)59)55(46)70-56-45-21-15-32-60-30-13-17-38(54(45)60)34-47(52)56/h4,8,23-26,33-35,39,41-42,49,58,61,63H,2-3,5-7,9-22,27-32,36H2,1H3,(H-,57,64,67,68,69)/p+1/t39?,41?,42-,49?/m1/s1. The Morgan fingerprint density at radius 3 is 2.44 bits per heavy atom. The SMILES string of the molecule is CCCCCC(O)C=C[C@H]1C(O)CC(=O)C1CC=CCCCC(=O)NCCCCCNS(=O)(=O)c1ccc(C2=c3cc4c5c(c3Oc3c2cc2c6c3CCCN6CCC2)CCC[N+]=5CCC4)c(S(=O)(=O)O)c1. The highest BCUT2D eigenvalue weighted by atomic mass is 32.2. The number of hydrogen-bond donors (Lipinski definition) is 5. The van der Waals surface area contributed by atoms with Crippen molar-refractivity contribution in [3.8, 4) is 11.5 Å². The van der Waals surface area contributed by atoms with E-state index in [0.717, 1.165) is 136 Å². The van der Waals surface area contributed by atoms with Crippen LogP contribution in [0, 0.1) is 11.8 Å². The van der Waals surface area contributed by atoms with Crippen LogP contribution in [0.4, 0.5) is 5.69 Å². The Bertz CT molecular complexity index is 2980. The van der Waals surface area contributed by atoms with Crippen LogP contribution >= 0.6 is 0 Å². The number of sulfonamides is 1. The van der Waals surface area contributed by atoms with Crippen molar-refractivity contribution in [2.45, 2.75) is 157 Å². The van der Waals surface area contributed by atoms with Gasteiger partial charge in [-0.05, 0) is 107 Å². The minimum Gasteiger partial charge on any atom is -0.455 e. The van der Waals surface area contributed by atoms with E-state index in [-0.39, 0.29) is 47.0 Å². The van der Waals surface area contributed by atoms with Gasteiger partial charge in [-0.2, -0.15) is 8.42 Å². The van der Waals surface area contributed by atoms with Crippen molar-refractivity contribution < 1.29 is 45.9 Å². The molecule has 0 spiro atoms. The maximum absolute atomic E-state index is 13.8. The predicted octanol–water partition coefficient (Wildman–Crippen LogP) is 6.11. The van der Waals surface area contributed by atoms with Crippen LogP contribution < -0.4 is 34.8 Å². The van der Waals surface area contributed by atoms with Gasteiger partial charge in [0.2, 0.25) is 21.3 Å². The smallest absolute Gasteiger partial charge is 0.295 e. The van der Waals surface area contributed by atoms with Crippen molar-refractivity contribution >= 4 is 43.1 Å². The first kappa shape index (κ1) is 52.2. The monoisotopic (exact) mass is 1030 g/mol. The van der Waals surface area contributed by atoms with Gasteiger partial charge in [-0.25, -0.2) is 17.7 Å². The Labute approximate surface area is 425 Å². The molecule has 9 rings (SSSR count). The Hall–Kier alpha value is -4.71. The van der Waals surface area contributed by atoms with Crippen LogP contribution in [0.1, 0.15) is 143 Å². The highest BCUT2D eigenvalue weighted by molar-refractivity contribution is 7.89. The molecule has 14 nitrogen and oxygen atoms in total. The number of fused-ring (bicyclic) bond motifs is 4. The number of aliphatic hydroxyl groups is 2. The topological polar surface area (TPSA) is 203 Å². The van der Waals surface area contributed by atoms with Gasteiger partial charge in [-0.15, -0.1) is 0 Å². The zero-order valence-electron chi connectivity index (χ0n) is 41.8. The van der Waals surface area contributed by atoms with Gasteiger partial charge in [0, 0.05) is 102 Å². The second kappa shape index (κ2) is 22.8. The highest BCUT2D eigenvalue weighted by Gasteiger charge is 2.40. The van der Waals surface area contributed by atoms with Crippen molar-refractivity contribution in [2.24, 2.45) is 11.8 Å². The average molecular weight is 1030 g/mol. The van der Waals surface area contributed by atoms with E-state index < -0.39 is 37.2 Å². The number of ether oxygens (including phenoxy) is 1. The molecule has 388 valence electrons. The fraction of sp³-hybridized carbons (Fsp3) is 0.554. The number of amides is 1. The Morgan fingerprint density at radius 2 is 1.64 bits per heavy atom. The number of rotatable bonds is 22. The number of carbonyl (C=O) groups excluding carboxylic acids is 2. The third kappa shape index (κ3) is 11.3. The molecule has 0 bridgehead atoms. The van der Waals surface area contributed by atoms with Crippen LogP contribution in [0.25, 0.3) is 5.57 Å². The minimum atomic E-state index is -4.94. The zero-order chi connectivity index (χ0) is 50.6. The molecule has 0 radical (unpaired) electrons. The van der Waals surface area contributed by atoms with Gasteiger partial charge in [0.15, 0.2) is 0 Å². The lowest BCUT2D eigenvalue weighted by Crippen LogP contribution is -2.45. The summed E-state index contributed by atoms with van der Waals surface area (Å²) in [5, 5.41) is 25.7. The number of aliphatic hydroxyl groups excluding tert-OH is 2. The highest BCUT2D eigenvalue weighted by Crippen LogP contribution is 2.49.